The van der Waals surface area contributed by atoms with Crippen LogP contribution in [0.2, 0.25) is 0 Å². The molecule has 10 heteroatoms. The molecule has 0 saturated heterocycles. The number of aliphatic hydroxyl groups is 1. The zero-order valence-corrected chi connectivity index (χ0v) is 19.2. The van der Waals surface area contributed by atoms with E-state index in [0.29, 0.717) is 12.0 Å². The lowest BCUT2D eigenvalue weighted by atomic mass is 9.91. The van der Waals surface area contributed by atoms with E-state index in [0.717, 1.165) is 68.0 Å². The summed E-state index contributed by atoms with van der Waals surface area (Å²) >= 11 is 0. The number of aliphatic hydroxyl groups excluding tert-OH is 1. The second kappa shape index (κ2) is 9.55. The van der Waals surface area contributed by atoms with Gasteiger partial charge in [-0.3, -0.25) is 4.79 Å². The van der Waals surface area contributed by atoms with Crippen molar-refractivity contribution in [3.8, 4) is 0 Å². The number of amides is 1. The monoisotopic (exact) mass is 464 g/mol. The van der Waals surface area contributed by atoms with E-state index in [4.69, 9.17) is 11.5 Å². The van der Waals surface area contributed by atoms with Crippen molar-refractivity contribution in [3.63, 3.8) is 0 Å². The van der Waals surface area contributed by atoms with E-state index in [1.54, 1.807) is 0 Å². The molecule has 10 nitrogen and oxygen atoms in total. The number of fused-ring (bicyclic) bond motifs is 1. The van der Waals surface area contributed by atoms with E-state index in [2.05, 4.69) is 48.7 Å². The topological polar surface area (TPSA) is 157 Å². The Hall–Kier alpha value is -3.24. The lowest BCUT2D eigenvalue weighted by molar-refractivity contribution is 0.0995. The Bertz CT molecular complexity index is 1170. The molecule has 2 fully saturated rings. The van der Waals surface area contributed by atoms with E-state index in [9.17, 15) is 9.90 Å². The van der Waals surface area contributed by atoms with Gasteiger partial charge in [0.25, 0.3) is 5.91 Å². The van der Waals surface area contributed by atoms with Crippen LogP contribution in [0, 0.1) is 0 Å². The summed E-state index contributed by atoms with van der Waals surface area (Å²) in [5.74, 6) is -0.121. The van der Waals surface area contributed by atoms with Gasteiger partial charge in [0.2, 0.25) is 5.95 Å². The van der Waals surface area contributed by atoms with Gasteiger partial charge in [0, 0.05) is 35.4 Å². The largest absolute Gasteiger partial charge is 0.393 e. The number of primary amides is 1. The first-order valence-electron chi connectivity index (χ1n) is 12.1. The number of nitrogens with one attached hydrogen (secondary N) is 2. The second-order valence-corrected chi connectivity index (χ2v) is 9.44. The Kier molecular flexibility index (Phi) is 6.34. The zero-order valence-electron chi connectivity index (χ0n) is 19.2. The minimum atomic E-state index is -0.700. The molecule has 2 atom stereocenters. The van der Waals surface area contributed by atoms with Crippen molar-refractivity contribution in [2.24, 2.45) is 11.5 Å². The molecule has 2 heterocycles. The number of hydrogen-bond acceptors (Lipinski definition) is 8. The van der Waals surface area contributed by atoms with Crippen LogP contribution >= 0.6 is 0 Å². The van der Waals surface area contributed by atoms with Gasteiger partial charge in [-0.05, 0) is 56.7 Å². The quantitative estimate of drug-likeness (QED) is 0.373. The molecule has 180 valence electrons. The van der Waals surface area contributed by atoms with Crippen LogP contribution in [0.15, 0.2) is 30.5 Å². The Morgan fingerprint density at radius 2 is 1.85 bits per heavy atom. The Balaban J connectivity index is 1.43. The maximum atomic E-state index is 12.0. The first kappa shape index (κ1) is 22.5. The number of nitrogens with zero attached hydrogens (tertiary/aromatic N) is 4. The molecule has 3 aromatic rings. The van der Waals surface area contributed by atoms with Crippen LogP contribution in [0.5, 0.6) is 0 Å². The van der Waals surface area contributed by atoms with Crippen LogP contribution in [-0.2, 0) is 0 Å². The third-order valence-corrected chi connectivity index (χ3v) is 7.13. The Morgan fingerprint density at radius 3 is 2.62 bits per heavy atom. The highest BCUT2D eigenvalue weighted by Crippen LogP contribution is 2.35. The van der Waals surface area contributed by atoms with E-state index in [1.165, 1.54) is 0 Å². The fourth-order valence-corrected chi connectivity index (χ4v) is 5.22. The van der Waals surface area contributed by atoms with Gasteiger partial charge in [0.05, 0.1) is 11.6 Å². The zero-order chi connectivity index (χ0) is 23.7. The maximum Gasteiger partial charge on any atom is 0.273 e. The Labute approximate surface area is 198 Å². The van der Waals surface area contributed by atoms with Crippen molar-refractivity contribution in [2.75, 3.05) is 10.6 Å². The van der Waals surface area contributed by atoms with E-state index < -0.39 is 5.91 Å². The molecule has 0 unspecified atom stereocenters. The van der Waals surface area contributed by atoms with Gasteiger partial charge in [-0.25, -0.2) is 0 Å². The molecular weight excluding hydrogens is 432 g/mol. The summed E-state index contributed by atoms with van der Waals surface area (Å²) in [6, 6.07) is 8.49. The summed E-state index contributed by atoms with van der Waals surface area (Å²) in [6.45, 7) is 0. The molecule has 0 aliphatic heterocycles. The summed E-state index contributed by atoms with van der Waals surface area (Å²) in [7, 11) is 0. The van der Waals surface area contributed by atoms with Crippen LogP contribution in [0.4, 0.5) is 17.5 Å². The van der Waals surface area contributed by atoms with Gasteiger partial charge in [-0.2, -0.15) is 4.98 Å². The molecular formula is C24H32N8O2. The number of carbonyl (C=O) groups is 1. The average molecular weight is 465 g/mol. The fourth-order valence-electron chi connectivity index (χ4n) is 5.22. The van der Waals surface area contributed by atoms with Gasteiger partial charge in [-0.1, -0.05) is 18.9 Å². The van der Waals surface area contributed by atoms with Crippen molar-refractivity contribution in [1.29, 1.82) is 0 Å². The van der Waals surface area contributed by atoms with Crippen molar-refractivity contribution in [2.45, 2.75) is 75.6 Å². The molecule has 2 aliphatic carbocycles. The van der Waals surface area contributed by atoms with Crippen molar-refractivity contribution < 1.29 is 9.90 Å². The molecule has 0 radical (unpaired) electrons. The molecule has 5 rings (SSSR count). The smallest absolute Gasteiger partial charge is 0.273 e. The summed E-state index contributed by atoms with van der Waals surface area (Å²) < 4.78 is 2.27. The summed E-state index contributed by atoms with van der Waals surface area (Å²) in [5.41, 5.74) is 13.7. The maximum absolute atomic E-state index is 12.0. The van der Waals surface area contributed by atoms with Crippen LogP contribution in [-0.4, -0.2) is 48.9 Å². The Morgan fingerprint density at radius 1 is 1.06 bits per heavy atom. The van der Waals surface area contributed by atoms with Gasteiger partial charge in [0.15, 0.2) is 11.5 Å². The molecule has 7 N–H and O–H groups in total. The van der Waals surface area contributed by atoms with Crippen molar-refractivity contribution >= 4 is 34.3 Å². The normalized spacial score (nSPS) is 25.2. The van der Waals surface area contributed by atoms with Crippen LogP contribution < -0.4 is 22.1 Å². The predicted octanol–water partition coefficient (Wildman–Crippen LogP) is 2.83. The highest BCUT2D eigenvalue weighted by Gasteiger charge is 2.25. The number of benzene rings is 1. The number of aromatic nitrogens is 4. The number of hydrogen-bond donors (Lipinski definition) is 5. The van der Waals surface area contributed by atoms with Gasteiger partial charge in [0.1, 0.15) is 0 Å². The lowest BCUT2D eigenvalue weighted by Crippen LogP contribution is -2.43. The SMILES string of the molecule is NC(=O)c1nnc(N[C@@H]2CCCC[C@@H]2N)nc1Nc1cccc2c1ccn2[C@H]1CC[C@H](O)CC1. The van der Waals surface area contributed by atoms with E-state index >= 15 is 0 Å². The minimum Gasteiger partial charge on any atom is -0.393 e. The summed E-state index contributed by atoms with van der Waals surface area (Å²) in [4.78, 5) is 16.6. The van der Waals surface area contributed by atoms with Gasteiger partial charge < -0.3 is 31.8 Å². The third kappa shape index (κ3) is 4.55. The van der Waals surface area contributed by atoms with Crippen LogP contribution in [0.25, 0.3) is 10.9 Å². The van der Waals surface area contributed by atoms with Gasteiger partial charge in [-0.15, -0.1) is 10.2 Å². The summed E-state index contributed by atoms with van der Waals surface area (Å²) in [6.07, 6.45) is 9.53. The molecule has 2 aromatic heterocycles. The summed E-state index contributed by atoms with van der Waals surface area (Å²) in [5, 5.41) is 25.6. The second-order valence-electron chi connectivity index (χ2n) is 9.44. The highest BCUT2D eigenvalue weighted by atomic mass is 16.3. The molecule has 1 aromatic carbocycles. The first-order chi connectivity index (χ1) is 16.5. The minimum absolute atomic E-state index is 0.0174. The van der Waals surface area contributed by atoms with E-state index in [1.807, 2.05) is 12.1 Å². The molecule has 34 heavy (non-hydrogen) atoms. The van der Waals surface area contributed by atoms with E-state index in [-0.39, 0.29) is 29.7 Å². The highest BCUT2D eigenvalue weighted by molar-refractivity contribution is 5.99. The van der Waals surface area contributed by atoms with Crippen molar-refractivity contribution in [1.82, 2.24) is 19.7 Å². The van der Waals surface area contributed by atoms with Gasteiger partial charge >= 0.3 is 0 Å². The number of rotatable bonds is 6. The average Bonchev–Trinajstić information content (AvgIpc) is 3.26. The number of anilines is 3. The van der Waals surface area contributed by atoms with Crippen LogP contribution in [0.3, 0.4) is 0 Å². The lowest BCUT2D eigenvalue weighted by Gasteiger charge is -2.29. The molecule has 1 amide bonds. The number of carbonyl (C=O) groups excluding carboxylic acids is 1. The van der Waals surface area contributed by atoms with Crippen LogP contribution in [0.1, 0.15) is 67.9 Å². The van der Waals surface area contributed by atoms with Crippen molar-refractivity contribution in [3.05, 3.63) is 36.2 Å². The standard InChI is InChI=1S/C24H32N8O2/c25-17-4-1-2-5-19(17)28-24-29-23(21(22(26)34)30-31-24)27-18-6-3-7-20-16(18)12-13-32(20)14-8-10-15(33)11-9-14/h3,6-7,12-15,17,19,33H,1-2,4-5,8-11,25H2,(H2,26,34)(H2,27,28,29,31)/t14-,15-,17-,19+/m0/s1. The first-order valence-corrected chi connectivity index (χ1v) is 12.1. The molecule has 2 saturated carbocycles. The molecule has 0 spiro atoms. The molecule has 0 bridgehead atoms. The third-order valence-electron chi connectivity index (χ3n) is 7.13. The predicted molar refractivity (Wildman–Crippen MR) is 131 cm³/mol. The number of nitrogens with two attached hydrogens (primary N) is 2. The molecule has 2 aliphatic rings. The fraction of sp³-hybridized carbons (Fsp3) is 0.500.